The second kappa shape index (κ2) is 7.74. The van der Waals surface area contributed by atoms with E-state index in [4.69, 9.17) is 27.9 Å². The first-order valence-electron chi connectivity index (χ1n) is 6.68. The Morgan fingerprint density at radius 2 is 2.09 bits per heavy atom. The van der Waals surface area contributed by atoms with E-state index in [0.717, 1.165) is 0 Å². The number of halogens is 3. The number of phenolic OH excluding ortho intramolecular Hbond substituents is 1. The van der Waals surface area contributed by atoms with Gasteiger partial charge in [-0.15, -0.1) is 0 Å². The lowest BCUT2D eigenvalue weighted by molar-refractivity contribution is 0.317. The summed E-state index contributed by atoms with van der Waals surface area (Å²) >= 11 is 15.3. The maximum atomic E-state index is 9.94. The summed E-state index contributed by atoms with van der Waals surface area (Å²) in [6, 6.07) is 10.4. The number of aromatic hydroxyl groups is 1. The van der Waals surface area contributed by atoms with Gasteiger partial charge in [0.2, 0.25) is 0 Å². The van der Waals surface area contributed by atoms with Crippen molar-refractivity contribution in [2.75, 3.05) is 6.61 Å². The molecule has 2 aromatic carbocycles. The predicted molar refractivity (Wildman–Crippen MR) is 96.9 cm³/mol. The van der Waals surface area contributed by atoms with Crippen molar-refractivity contribution in [2.24, 2.45) is 0 Å². The highest BCUT2D eigenvalue weighted by molar-refractivity contribution is 9.10. The summed E-state index contributed by atoms with van der Waals surface area (Å²) in [5, 5.41) is 20.3. The normalized spacial score (nSPS) is 11.2. The van der Waals surface area contributed by atoms with Gasteiger partial charge in [0, 0.05) is 10.6 Å². The first-order chi connectivity index (χ1) is 11.0. The van der Waals surface area contributed by atoms with E-state index in [1.165, 1.54) is 0 Å². The monoisotopic (exact) mass is 411 g/mol. The summed E-state index contributed by atoms with van der Waals surface area (Å²) in [5.74, 6) is 0.361. The number of allylic oxidation sites excluding steroid dienone is 1. The van der Waals surface area contributed by atoms with Gasteiger partial charge in [-0.3, -0.25) is 0 Å². The van der Waals surface area contributed by atoms with Gasteiger partial charge in [0.15, 0.2) is 11.5 Å². The van der Waals surface area contributed by atoms with Crippen LogP contribution < -0.4 is 4.74 Å². The Hall–Kier alpha value is -1.67. The average Bonchev–Trinajstić information content (AvgIpc) is 2.50. The van der Waals surface area contributed by atoms with Crippen LogP contribution in [-0.2, 0) is 0 Å². The molecule has 0 heterocycles. The predicted octanol–water partition coefficient (Wildman–Crippen LogP) is 5.92. The van der Waals surface area contributed by atoms with Crippen LogP contribution in [0, 0.1) is 11.3 Å². The molecule has 23 heavy (non-hydrogen) atoms. The van der Waals surface area contributed by atoms with Crippen molar-refractivity contribution in [2.45, 2.75) is 6.92 Å². The maximum Gasteiger partial charge on any atom is 0.172 e. The van der Waals surface area contributed by atoms with Gasteiger partial charge in [-0.1, -0.05) is 29.3 Å². The van der Waals surface area contributed by atoms with Gasteiger partial charge in [-0.05, 0) is 58.8 Å². The van der Waals surface area contributed by atoms with Crippen molar-refractivity contribution >= 4 is 50.8 Å². The van der Waals surface area contributed by atoms with E-state index >= 15 is 0 Å². The third-order valence-corrected chi connectivity index (χ3v) is 4.16. The Bertz CT molecular complexity index is 813. The molecule has 0 saturated carbocycles. The first kappa shape index (κ1) is 17.7. The van der Waals surface area contributed by atoms with Gasteiger partial charge in [0.1, 0.15) is 0 Å². The second-order valence-corrected chi connectivity index (χ2v) is 6.27. The van der Waals surface area contributed by atoms with Crippen molar-refractivity contribution in [3.05, 3.63) is 56.0 Å². The fourth-order valence-electron chi connectivity index (χ4n) is 1.99. The second-order valence-electron chi connectivity index (χ2n) is 4.58. The zero-order valence-corrected chi connectivity index (χ0v) is 15.2. The minimum atomic E-state index is 0.0204. The summed E-state index contributed by atoms with van der Waals surface area (Å²) in [6.45, 7) is 2.24. The van der Waals surface area contributed by atoms with Crippen molar-refractivity contribution in [3.63, 3.8) is 0 Å². The van der Waals surface area contributed by atoms with Crippen LogP contribution in [0.4, 0.5) is 0 Å². The minimum absolute atomic E-state index is 0.0204. The number of hydrogen-bond donors (Lipinski definition) is 1. The molecule has 2 rings (SSSR count). The SMILES string of the molecule is CCOc1cc(/C=C(\C#N)c2ccc(Cl)cc2Cl)cc(Br)c1O. The number of nitriles is 1. The summed E-state index contributed by atoms with van der Waals surface area (Å²) in [6.07, 6.45) is 1.67. The fraction of sp³-hybridized carbons (Fsp3) is 0.118. The Kier molecular flexibility index (Phi) is 5.95. The Labute approximate surface area is 152 Å². The minimum Gasteiger partial charge on any atom is -0.503 e. The highest BCUT2D eigenvalue weighted by Gasteiger charge is 2.11. The van der Waals surface area contributed by atoms with Crippen molar-refractivity contribution in [1.29, 1.82) is 5.26 Å². The molecule has 0 aliphatic rings. The Balaban J connectivity index is 2.52. The molecule has 0 spiro atoms. The molecule has 0 atom stereocenters. The lowest BCUT2D eigenvalue weighted by Gasteiger charge is -2.09. The van der Waals surface area contributed by atoms with Gasteiger partial charge in [-0.2, -0.15) is 5.26 Å². The standard InChI is InChI=1S/C17H12BrCl2NO2/c1-2-23-16-7-10(6-14(18)17(16)22)5-11(9-21)13-4-3-12(19)8-15(13)20/h3-8,22H,2H2,1H3/b11-5+. The molecule has 0 aromatic heterocycles. The van der Waals surface area contributed by atoms with Crippen molar-refractivity contribution in [1.82, 2.24) is 0 Å². The smallest absolute Gasteiger partial charge is 0.172 e. The highest BCUT2D eigenvalue weighted by Crippen LogP contribution is 2.37. The molecule has 0 aliphatic carbocycles. The molecule has 0 radical (unpaired) electrons. The molecule has 2 aromatic rings. The number of phenols is 1. The van der Waals surface area contributed by atoms with E-state index in [2.05, 4.69) is 22.0 Å². The third kappa shape index (κ3) is 4.20. The summed E-state index contributed by atoms with van der Waals surface area (Å²) in [5.41, 5.74) is 1.66. The molecule has 0 saturated heterocycles. The van der Waals surface area contributed by atoms with E-state index in [1.807, 2.05) is 6.92 Å². The zero-order valence-electron chi connectivity index (χ0n) is 12.1. The van der Waals surface area contributed by atoms with Crippen LogP contribution in [0.15, 0.2) is 34.8 Å². The lowest BCUT2D eigenvalue weighted by atomic mass is 10.0. The lowest BCUT2D eigenvalue weighted by Crippen LogP contribution is -1.93. The average molecular weight is 413 g/mol. The van der Waals surface area contributed by atoms with Gasteiger partial charge < -0.3 is 9.84 Å². The Morgan fingerprint density at radius 3 is 2.70 bits per heavy atom. The van der Waals surface area contributed by atoms with Gasteiger partial charge >= 0.3 is 0 Å². The quantitative estimate of drug-likeness (QED) is 0.500. The van der Waals surface area contributed by atoms with Crippen LogP contribution >= 0.6 is 39.1 Å². The molecular formula is C17H12BrCl2NO2. The third-order valence-electron chi connectivity index (χ3n) is 3.00. The summed E-state index contributed by atoms with van der Waals surface area (Å²) in [7, 11) is 0. The Morgan fingerprint density at radius 1 is 1.35 bits per heavy atom. The van der Waals surface area contributed by atoms with Crippen molar-refractivity contribution in [3.8, 4) is 17.6 Å². The molecule has 3 nitrogen and oxygen atoms in total. The molecule has 6 heteroatoms. The zero-order chi connectivity index (χ0) is 17.0. The van der Waals surface area contributed by atoms with Gasteiger partial charge in [0.05, 0.1) is 27.7 Å². The van der Waals surface area contributed by atoms with E-state index in [-0.39, 0.29) is 5.75 Å². The molecule has 0 bridgehead atoms. The molecular weight excluding hydrogens is 401 g/mol. The first-order valence-corrected chi connectivity index (χ1v) is 8.23. The maximum absolute atomic E-state index is 9.94. The van der Waals surface area contributed by atoms with E-state index in [9.17, 15) is 10.4 Å². The topological polar surface area (TPSA) is 53.2 Å². The number of hydrogen-bond acceptors (Lipinski definition) is 3. The molecule has 0 fully saturated rings. The van der Waals surface area contributed by atoms with Crippen LogP contribution in [0.5, 0.6) is 11.5 Å². The largest absolute Gasteiger partial charge is 0.503 e. The molecule has 0 unspecified atom stereocenters. The fourth-order valence-corrected chi connectivity index (χ4v) is 2.96. The van der Waals surface area contributed by atoms with Crippen LogP contribution in [0.3, 0.4) is 0 Å². The van der Waals surface area contributed by atoms with Crippen LogP contribution in [-0.4, -0.2) is 11.7 Å². The van der Waals surface area contributed by atoms with Crippen LogP contribution in [0.25, 0.3) is 11.6 Å². The van der Waals surface area contributed by atoms with Crippen LogP contribution in [0.1, 0.15) is 18.1 Å². The van der Waals surface area contributed by atoms with Crippen LogP contribution in [0.2, 0.25) is 10.0 Å². The number of ether oxygens (including phenoxy) is 1. The van der Waals surface area contributed by atoms with E-state index in [1.54, 1.807) is 36.4 Å². The van der Waals surface area contributed by atoms with Crippen molar-refractivity contribution < 1.29 is 9.84 Å². The molecule has 0 amide bonds. The summed E-state index contributed by atoms with van der Waals surface area (Å²) in [4.78, 5) is 0. The van der Waals surface area contributed by atoms with Gasteiger partial charge in [0.25, 0.3) is 0 Å². The number of benzene rings is 2. The molecule has 1 N–H and O–H groups in total. The highest BCUT2D eigenvalue weighted by atomic mass is 79.9. The van der Waals surface area contributed by atoms with Gasteiger partial charge in [-0.25, -0.2) is 0 Å². The molecule has 0 aliphatic heterocycles. The number of nitrogens with zero attached hydrogens (tertiary/aromatic N) is 1. The summed E-state index contributed by atoms with van der Waals surface area (Å²) < 4.78 is 5.86. The van der Waals surface area contributed by atoms with E-state index in [0.29, 0.717) is 43.6 Å². The van der Waals surface area contributed by atoms with E-state index < -0.39 is 0 Å². The molecule has 118 valence electrons. The number of rotatable bonds is 4.